The molecule has 2 saturated heterocycles. The maximum absolute atomic E-state index is 13.2. The summed E-state index contributed by atoms with van der Waals surface area (Å²) in [4.78, 5) is 28.5. The molecule has 4 rings (SSSR count). The van der Waals surface area contributed by atoms with Gasteiger partial charge in [0.05, 0.1) is 10.5 Å². The van der Waals surface area contributed by atoms with Crippen LogP contribution in [0, 0.1) is 10.1 Å². The topological polar surface area (TPSA) is 82.0 Å². The number of nitrogens with zero attached hydrogens (tertiary/aromatic N) is 4. The van der Waals surface area contributed by atoms with E-state index in [-0.39, 0.29) is 17.6 Å². The number of amides is 1. The SMILES string of the molecule is O=C(CCN1CCN(c2ccc(C(F)(F)F)cc2)CC1)N1CCC(Nc2ccc([N+](=O)[O-])c(C(F)(F)F)c2)CC1. The molecule has 0 bridgehead atoms. The Morgan fingerprint density at radius 1 is 0.900 bits per heavy atom. The normalized spacial score (nSPS) is 17.6. The first-order valence-electron chi connectivity index (χ1n) is 12.9. The molecule has 0 saturated carbocycles. The summed E-state index contributed by atoms with van der Waals surface area (Å²) in [6.07, 6.45) is -7.87. The third-order valence-corrected chi connectivity index (χ3v) is 7.29. The first kappa shape index (κ1) is 29.4. The van der Waals surface area contributed by atoms with Crippen molar-refractivity contribution in [1.29, 1.82) is 0 Å². The van der Waals surface area contributed by atoms with Gasteiger partial charge in [0.1, 0.15) is 5.56 Å². The number of likely N-dealkylation sites (tertiary alicyclic amines) is 1. The molecule has 218 valence electrons. The molecule has 2 aromatic carbocycles. The Balaban J connectivity index is 1.19. The molecule has 0 aromatic heterocycles. The number of anilines is 2. The van der Waals surface area contributed by atoms with E-state index in [0.29, 0.717) is 65.1 Å². The minimum absolute atomic E-state index is 0.0155. The molecule has 2 aromatic rings. The molecule has 0 spiro atoms. The molecule has 2 heterocycles. The number of carbonyl (C=O) groups is 1. The summed E-state index contributed by atoms with van der Waals surface area (Å²) >= 11 is 0. The van der Waals surface area contributed by atoms with Gasteiger partial charge in [0.2, 0.25) is 5.91 Å². The van der Waals surface area contributed by atoms with Gasteiger partial charge in [-0.25, -0.2) is 0 Å². The van der Waals surface area contributed by atoms with Gasteiger partial charge < -0.3 is 15.1 Å². The lowest BCUT2D eigenvalue weighted by Gasteiger charge is -2.37. The zero-order chi connectivity index (χ0) is 29.1. The van der Waals surface area contributed by atoms with E-state index in [4.69, 9.17) is 0 Å². The second kappa shape index (κ2) is 11.9. The van der Waals surface area contributed by atoms with Crippen molar-refractivity contribution in [3.05, 3.63) is 63.7 Å². The van der Waals surface area contributed by atoms with Crippen LogP contribution < -0.4 is 10.2 Å². The lowest BCUT2D eigenvalue weighted by Crippen LogP contribution is -2.48. The molecule has 8 nitrogen and oxygen atoms in total. The van der Waals surface area contributed by atoms with E-state index >= 15 is 0 Å². The highest BCUT2D eigenvalue weighted by atomic mass is 19.4. The van der Waals surface area contributed by atoms with Crippen LogP contribution in [-0.2, 0) is 17.1 Å². The van der Waals surface area contributed by atoms with Crippen molar-refractivity contribution in [2.24, 2.45) is 0 Å². The molecule has 14 heteroatoms. The van der Waals surface area contributed by atoms with Crippen molar-refractivity contribution in [3.8, 4) is 0 Å². The lowest BCUT2D eigenvalue weighted by atomic mass is 10.0. The van der Waals surface area contributed by atoms with Gasteiger partial charge in [0.25, 0.3) is 5.69 Å². The second-order valence-corrected chi connectivity index (χ2v) is 9.91. The van der Waals surface area contributed by atoms with Crippen molar-refractivity contribution < 1.29 is 36.1 Å². The minimum atomic E-state index is -4.86. The second-order valence-electron chi connectivity index (χ2n) is 9.91. The Morgan fingerprint density at radius 3 is 2.08 bits per heavy atom. The highest BCUT2D eigenvalue weighted by Gasteiger charge is 2.38. The lowest BCUT2D eigenvalue weighted by molar-refractivity contribution is -0.388. The molecular weight excluding hydrogens is 544 g/mol. The fourth-order valence-electron chi connectivity index (χ4n) is 5.02. The van der Waals surface area contributed by atoms with Gasteiger partial charge >= 0.3 is 12.4 Å². The van der Waals surface area contributed by atoms with Crippen molar-refractivity contribution in [2.45, 2.75) is 37.7 Å². The average molecular weight is 574 g/mol. The van der Waals surface area contributed by atoms with Crippen molar-refractivity contribution in [3.63, 3.8) is 0 Å². The molecular formula is C26H29F6N5O3. The van der Waals surface area contributed by atoms with Gasteiger partial charge in [0.15, 0.2) is 0 Å². The van der Waals surface area contributed by atoms with Crippen LogP contribution in [0.25, 0.3) is 0 Å². The number of carbonyl (C=O) groups excluding carboxylic acids is 1. The Morgan fingerprint density at radius 2 is 1.52 bits per heavy atom. The Bertz CT molecular complexity index is 1190. The molecule has 0 unspecified atom stereocenters. The van der Waals surface area contributed by atoms with Gasteiger partial charge in [-0.2, -0.15) is 26.3 Å². The zero-order valence-corrected chi connectivity index (χ0v) is 21.5. The maximum Gasteiger partial charge on any atom is 0.423 e. The molecule has 1 amide bonds. The average Bonchev–Trinajstić information content (AvgIpc) is 2.91. The third kappa shape index (κ3) is 7.34. The number of piperidine rings is 1. The predicted octanol–water partition coefficient (Wildman–Crippen LogP) is 5.25. The van der Waals surface area contributed by atoms with Crippen LogP contribution in [0.1, 0.15) is 30.4 Å². The largest absolute Gasteiger partial charge is 0.423 e. The fourth-order valence-corrected chi connectivity index (χ4v) is 5.02. The number of halogens is 6. The molecule has 2 fully saturated rings. The van der Waals surface area contributed by atoms with Gasteiger partial charge in [-0.05, 0) is 49.2 Å². The number of nitro groups is 1. The highest BCUT2D eigenvalue weighted by molar-refractivity contribution is 5.76. The highest BCUT2D eigenvalue weighted by Crippen LogP contribution is 2.38. The number of hydrogen-bond donors (Lipinski definition) is 1. The monoisotopic (exact) mass is 573 g/mol. The first-order chi connectivity index (χ1) is 18.8. The molecule has 2 aliphatic heterocycles. The Hall–Kier alpha value is -3.55. The summed E-state index contributed by atoms with van der Waals surface area (Å²) in [5.74, 6) is -0.0155. The molecule has 0 radical (unpaired) electrons. The molecule has 1 N–H and O–H groups in total. The van der Waals surface area contributed by atoms with Crippen LogP contribution in [0.2, 0.25) is 0 Å². The Kier molecular flexibility index (Phi) is 8.76. The fraction of sp³-hybridized carbons (Fsp3) is 0.500. The van der Waals surface area contributed by atoms with E-state index in [9.17, 15) is 41.3 Å². The quantitative estimate of drug-likeness (QED) is 0.277. The Labute approximate surface area is 226 Å². The van der Waals surface area contributed by atoms with Gasteiger partial charge in [-0.3, -0.25) is 19.8 Å². The van der Waals surface area contributed by atoms with Gasteiger partial charge in [0, 0.05) is 75.7 Å². The van der Waals surface area contributed by atoms with E-state index in [1.807, 2.05) is 4.90 Å². The van der Waals surface area contributed by atoms with E-state index in [2.05, 4.69) is 10.2 Å². The van der Waals surface area contributed by atoms with Crippen LogP contribution in [0.15, 0.2) is 42.5 Å². The number of alkyl halides is 6. The van der Waals surface area contributed by atoms with Crippen molar-refractivity contribution in [2.75, 3.05) is 56.0 Å². The van der Waals surface area contributed by atoms with E-state index in [0.717, 1.165) is 30.0 Å². The minimum Gasteiger partial charge on any atom is -0.382 e. The number of piperazine rings is 1. The summed E-state index contributed by atoms with van der Waals surface area (Å²) in [7, 11) is 0. The third-order valence-electron chi connectivity index (χ3n) is 7.29. The number of rotatable bonds is 7. The maximum atomic E-state index is 13.2. The van der Waals surface area contributed by atoms with Crippen LogP contribution in [0.4, 0.5) is 43.4 Å². The van der Waals surface area contributed by atoms with Crippen LogP contribution in [-0.4, -0.2) is 72.5 Å². The van der Waals surface area contributed by atoms with Crippen molar-refractivity contribution >= 4 is 23.0 Å². The van der Waals surface area contributed by atoms with E-state index in [1.165, 1.54) is 18.2 Å². The summed E-state index contributed by atoms with van der Waals surface area (Å²) in [5, 5.41) is 13.9. The number of benzene rings is 2. The van der Waals surface area contributed by atoms with Crippen LogP contribution in [0.3, 0.4) is 0 Å². The summed E-state index contributed by atoms with van der Waals surface area (Å²) in [5.41, 5.74) is -2.13. The van der Waals surface area contributed by atoms with Crippen molar-refractivity contribution in [1.82, 2.24) is 9.80 Å². The standard InChI is InChI=1S/C26H29F6N5O3/c27-25(28,29)18-1-4-21(5-2-18)35-15-13-34(14-16-35)10-9-24(38)36-11-7-19(8-12-36)33-20-3-6-23(37(39)40)22(17-20)26(30,31)32/h1-6,17,19,33H,7-16H2. The number of nitro benzene ring substituents is 1. The van der Waals surface area contributed by atoms with Crippen LogP contribution in [0.5, 0.6) is 0 Å². The molecule has 2 aliphatic rings. The van der Waals surface area contributed by atoms with Gasteiger partial charge in [-0.1, -0.05) is 0 Å². The summed E-state index contributed by atoms with van der Waals surface area (Å²) in [6.45, 7) is 4.06. The van der Waals surface area contributed by atoms with Gasteiger partial charge in [-0.15, -0.1) is 0 Å². The number of nitrogens with one attached hydrogen (secondary N) is 1. The smallest absolute Gasteiger partial charge is 0.382 e. The number of hydrogen-bond acceptors (Lipinski definition) is 6. The van der Waals surface area contributed by atoms with E-state index in [1.54, 1.807) is 4.90 Å². The molecule has 0 aliphatic carbocycles. The summed E-state index contributed by atoms with van der Waals surface area (Å²) < 4.78 is 78.1. The van der Waals surface area contributed by atoms with Crippen LogP contribution >= 0.6 is 0 Å². The first-order valence-corrected chi connectivity index (χ1v) is 12.9. The van der Waals surface area contributed by atoms with E-state index < -0.39 is 34.1 Å². The summed E-state index contributed by atoms with van der Waals surface area (Å²) in [6, 6.07) is 7.75. The zero-order valence-electron chi connectivity index (χ0n) is 21.5. The molecule has 0 atom stereocenters. The predicted molar refractivity (Wildman–Crippen MR) is 136 cm³/mol. The molecule has 40 heavy (non-hydrogen) atoms.